The fraction of sp³-hybridized carbons (Fsp3) is 0.516. The number of hydrogen-bond acceptors (Lipinski definition) is 6. The average Bonchev–Trinajstić information content (AvgIpc) is 3.68. The van der Waals surface area contributed by atoms with Gasteiger partial charge in [0.1, 0.15) is 11.6 Å². The quantitative estimate of drug-likeness (QED) is 0.373. The van der Waals surface area contributed by atoms with E-state index in [1.807, 2.05) is 34.6 Å². The van der Waals surface area contributed by atoms with Crippen LogP contribution in [0, 0.1) is 11.2 Å². The number of carbonyl (C=O) groups is 2. The predicted molar refractivity (Wildman–Crippen MR) is 152 cm³/mol. The van der Waals surface area contributed by atoms with Gasteiger partial charge in [-0.3, -0.25) is 15.0 Å². The number of carbonyl (C=O) groups excluding carboxylic acids is 2. The number of ketones is 1. The van der Waals surface area contributed by atoms with Crippen LogP contribution in [0.4, 0.5) is 4.39 Å². The van der Waals surface area contributed by atoms with E-state index in [4.69, 9.17) is 19.6 Å². The molecule has 2 N–H and O–H groups in total. The molecule has 0 aromatic heterocycles. The number of amidine groups is 1. The van der Waals surface area contributed by atoms with E-state index in [2.05, 4.69) is 5.32 Å². The number of halogens is 1. The van der Waals surface area contributed by atoms with Crippen molar-refractivity contribution in [3.05, 3.63) is 51.8 Å². The zero-order chi connectivity index (χ0) is 29.6. The molecule has 0 bridgehead atoms. The van der Waals surface area contributed by atoms with Crippen LogP contribution in [-0.2, 0) is 11.0 Å². The fourth-order valence-corrected chi connectivity index (χ4v) is 5.16. The zero-order valence-electron chi connectivity index (χ0n) is 24.7. The molecule has 1 amide bonds. The molecule has 216 valence electrons. The zero-order valence-corrected chi connectivity index (χ0v) is 24.7. The summed E-state index contributed by atoms with van der Waals surface area (Å²) < 4.78 is 32.7. The van der Waals surface area contributed by atoms with Crippen molar-refractivity contribution >= 4 is 17.5 Å². The van der Waals surface area contributed by atoms with E-state index in [0.717, 1.165) is 18.4 Å². The molecule has 2 aliphatic rings. The lowest BCUT2D eigenvalue weighted by atomic mass is 9.83. The van der Waals surface area contributed by atoms with Crippen molar-refractivity contribution in [1.82, 2.24) is 10.2 Å². The second-order valence-corrected chi connectivity index (χ2v) is 11.8. The Morgan fingerprint density at radius 3 is 2.30 bits per heavy atom. The van der Waals surface area contributed by atoms with E-state index in [-0.39, 0.29) is 53.8 Å². The van der Waals surface area contributed by atoms with Crippen molar-refractivity contribution in [3.8, 4) is 17.2 Å². The molecule has 0 saturated heterocycles. The van der Waals surface area contributed by atoms with Crippen LogP contribution in [0.3, 0.4) is 0 Å². The van der Waals surface area contributed by atoms with Crippen LogP contribution in [0.15, 0.2) is 18.2 Å². The van der Waals surface area contributed by atoms with E-state index in [1.165, 1.54) is 7.11 Å². The lowest BCUT2D eigenvalue weighted by Crippen LogP contribution is -2.42. The van der Waals surface area contributed by atoms with E-state index < -0.39 is 16.8 Å². The molecule has 0 atom stereocenters. The van der Waals surface area contributed by atoms with Crippen LogP contribution >= 0.6 is 0 Å². The minimum absolute atomic E-state index is 0.0342. The highest BCUT2D eigenvalue weighted by atomic mass is 19.1. The van der Waals surface area contributed by atoms with Crippen LogP contribution in [0.5, 0.6) is 17.2 Å². The van der Waals surface area contributed by atoms with Crippen LogP contribution in [0.1, 0.15) is 98.7 Å². The monoisotopic (exact) mass is 553 g/mol. The van der Waals surface area contributed by atoms with Gasteiger partial charge in [0.25, 0.3) is 5.91 Å². The van der Waals surface area contributed by atoms with Crippen molar-refractivity contribution in [2.75, 3.05) is 26.9 Å². The van der Waals surface area contributed by atoms with E-state index >= 15 is 4.39 Å². The van der Waals surface area contributed by atoms with E-state index in [0.29, 0.717) is 29.0 Å². The number of ether oxygens (including phenoxy) is 3. The van der Waals surface area contributed by atoms with Crippen molar-refractivity contribution in [1.29, 1.82) is 5.41 Å². The van der Waals surface area contributed by atoms with Crippen molar-refractivity contribution in [3.63, 3.8) is 0 Å². The number of hydrogen-bond donors (Lipinski definition) is 2. The summed E-state index contributed by atoms with van der Waals surface area (Å²) in [5.74, 6) is -0.679. The van der Waals surface area contributed by atoms with Gasteiger partial charge < -0.3 is 24.4 Å². The second-order valence-electron chi connectivity index (χ2n) is 11.8. The molecule has 0 radical (unpaired) electrons. The number of nitrogens with zero attached hydrogens (tertiary/aromatic N) is 1. The Morgan fingerprint density at radius 2 is 1.75 bits per heavy atom. The molecular formula is C31H40FN3O5. The number of benzene rings is 2. The van der Waals surface area contributed by atoms with Gasteiger partial charge >= 0.3 is 0 Å². The second kappa shape index (κ2) is 10.7. The maximum atomic E-state index is 15.8. The van der Waals surface area contributed by atoms with Gasteiger partial charge in [0, 0.05) is 17.2 Å². The minimum Gasteiger partial charge on any atom is -0.496 e. The molecule has 4 rings (SSSR count). The molecule has 2 aromatic carbocycles. The standard InChI is InChI=1S/C31H40FN3O5/c1-9-39-23-15-20-24(25(32)27(23)40-10-2)28(33)35(31(20,6)7)16-22(36)17-13-19(29(37)34-18-11-12-18)26(38-8)21(14-17)30(3,4)5/h13-15,18,33H,9-12,16H2,1-8H3,(H,34,37). The highest BCUT2D eigenvalue weighted by molar-refractivity contribution is 6.08. The lowest BCUT2D eigenvalue weighted by molar-refractivity contribution is 0.0920. The molecule has 1 aliphatic carbocycles. The molecule has 1 heterocycles. The normalized spacial score (nSPS) is 16.0. The topological polar surface area (TPSA) is 101 Å². The summed E-state index contributed by atoms with van der Waals surface area (Å²) in [6, 6.07) is 5.17. The SMILES string of the molecule is CCOc1cc2c(c(F)c1OCC)C(=N)N(CC(=O)c1cc(C(=O)NC3CC3)c(OC)c(C(C)(C)C)c1)C2(C)C. The molecule has 40 heavy (non-hydrogen) atoms. The van der Waals surface area contributed by atoms with Crippen LogP contribution in [-0.4, -0.2) is 55.3 Å². The van der Waals surface area contributed by atoms with Crippen molar-refractivity contribution in [2.24, 2.45) is 0 Å². The number of methoxy groups -OCH3 is 1. The Morgan fingerprint density at radius 1 is 1.10 bits per heavy atom. The molecule has 1 aliphatic heterocycles. The van der Waals surface area contributed by atoms with Gasteiger partial charge in [-0.2, -0.15) is 0 Å². The van der Waals surface area contributed by atoms with Crippen LogP contribution in [0.25, 0.3) is 0 Å². The summed E-state index contributed by atoms with van der Waals surface area (Å²) >= 11 is 0. The maximum absolute atomic E-state index is 15.8. The van der Waals surface area contributed by atoms with E-state index in [1.54, 1.807) is 36.9 Å². The first-order valence-electron chi connectivity index (χ1n) is 13.8. The number of fused-ring (bicyclic) bond motifs is 1. The Bertz CT molecular complexity index is 1360. The summed E-state index contributed by atoms with van der Waals surface area (Å²) in [5.41, 5.74) is 0.707. The molecule has 8 nitrogen and oxygen atoms in total. The Hall–Kier alpha value is -3.62. The van der Waals surface area contributed by atoms with Crippen LogP contribution < -0.4 is 19.5 Å². The summed E-state index contributed by atoms with van der Waals surface area (Å²) in [6.45, 7) is 13.6. The van der Waals surface area contributed by atoms with Gasteiger partial charge in [0.05, 0.1) is 43.5 Å². The molecule has 9 heteroatoms. The number of amides is 1. The fourth-order valence-electron chi connectivity index (χ4n) is 5.16. The van der Waals surface area contributed by atoms with Crippen molar-refractivity contribution in [2.45, 2.75) is 78.3 Å². The highest BCUT2D eigenvalue weighted by Gasteiger charge is 2.45. The van der Waals surface area contributed by atoms with Crippen LogP contribution in [0.2, 0.25) is 0 Å². The molecular weight excluding hydrogens is 513 g/mol. The minimum atomic E-state index is -0.884. The van der Waals surface area contributed by atoms with Gasteiger partial charge in [-0.25, -0.2) is 4.39 Å². The van der Waals surface area contributed by atoms with Gasteiger partial charge in [-0.1, -0.05) is 20.8 Å². The summed E-state index contributed by atoms with van der Waals surface area (Å²) in [6.07, 6.45) is 1.86. The average molecular weight is 554 g/mol. The van der Waals surface area contributed by atoms with Gasteiger partial charge in [-0.15, -0.1) is 0 Å². The number of Topliss-reactive ketones (excluding diaryl/α,β-unsaturated/α-hetero) is 1. The number of rotatable bonds is 10. The third kappa shape index (κ3) is 5.25. The number of nitrogens with one attached hydrogen (secondary N) is 2. The molecule has 0 spiro atoms. The summed E-state index contributed by atoms with van der Waals surface area (Å²) in [7, 11) is 1.52. The van der Waals surface area contributed by atoms with Crippen molar-refractivity contribution < 1.29 is 28.2 Å². The molecule has 0 unspecified atom stereocenters. The largest absolute Gasteiger partial charge is 0.496 e. The predicted octanol–water partition coefficient (Wildman–Crippen LogP) is 5.58. The molecule has 1 fully saturated rings. The summed E-state index contributed by atoms with van der Waals surface area (Å²) in [5, 5.41) is 11.9. The van der Waals surface area contributed by atoms with Gasteiger partial charge in [0.2, 0.25) is 0 Å². The first kappa shape index (κ1) is 29.4. The lowest BCUT2D eigenvalue weighted by Gasteiger charge is -2.33. The van der Waals surface area contributed by atoms with E-state index in [9.17, 15) is 9.59 Å². The maximum Gasteiger partial charge on any atom is 0.255 e. The Labute approximate surface area is 235 Å². The molecule has 1 saturated carbocycles. The first-order valence-corrected chi connectivity index (χ1v) is 13.8. The Balaban J connectivity index is 1.74. The highest BCUT2D eigenvalue weighted by Crippen LogP contribution is 2.46. The van der Waals surface area contributed by atoms with Gasteiger partial charge in [-0.05, 0) is 69.7 Å². The summed E-state index contributed by atoms with van der Waals surface area (Å²) in [4.78, 5) is 28.6. The third-order valence-corrected chi connectivity index (χ3v) is 7.50. The molecule has 2 aromatic rings. The smallest absolute Gasteiger partial charge is 0.255 e. The third-order valence-electron chi connectivity index (χ3n) is 7.50. The Kier molecular flexibility index (Phi) is 7.89. The van der Waals surface area contributed by atoms with Gasteiger partial charge in [0.15, 0.2) is 23.1 Å². The first-order chi connectivity index (χ1) is 18.8.